The van der Waals surface area contributed by atoms with Crippen LogP contribution in [0, 0.1) is 11.8 Å². The highest BCUT2D eigenvalue weighted by atomic mass is 15.2. The van der Waals surface area contributed by atoms with Crippen LogP contribution in [-0.2, 0) is 0 Å². The Labute approximate surface area is 101 Å². The van der Waals surface area contributed by atoms with E-state index in [-0.39, 0.29) is 0 Å². The van der Waals surface area contributed by atoms with Gasteiger partial charge in [-0.15, -0.1) is 0 Å². The molecule has 2 unspecified atom stereocenters. The van der Waals surface area contributed by atoms with Crippen LogP contribution in [0.4, 0.5) is 0 Å². The summed E-state index contributed by atoms with van der Waals surface area (Å²) in [6, 6.07) is 1.59. The lowest BCUT2D eigenvalue weighted by atomic mass is 10.0. The molecule has 0 saturated heterocycles. The molecular weight excluding hydrogens is 196 g/mol. The Morgan fingerprint density at radius 2 is 1.88 bits per heavy atom. The van der Waals surface area contributed by atoms with Crippen molar-refractivity contribution in [2.24, 2.45) is 11.8 Å². The summed E-state index contributed by atoms with van der Waals surface area (Å²) in [5.74, 6) is 1.80. The molecule has 2 nitrogen and oxygen atoms in total. The highest BCUT2D eigenvalue weighted by Gasteiger charge is 2.28. The fourth-order valence-corrected chi connectivity index (χ4v) is 2.39. The zero-order chi connectivity index (χ0) is 11.5. The number of nitrogens with one attached hydrogen (secondary N) is 1. The normalized spacial score (nSPS) is 24.8. The van der Waals surface area contributed by atoms with Crippen molar-refractivity contribution < 1.29 is 0 Å². The molecule has 2 rings (SSSR count). The van der Waals surface area contributed by atoms with Crippen molar-refractivity contribution >= 4 is 0 Å². The molecule has 0 heterocycles. The SMILES string of the molecule is CCN(CC1CC1)C(C)C(C)CNC1CC1. The molecule has 2 atom stereocenters. The number of rotatable bonds is 8. The van der Waals surface area contributed by atoms with Gasteiger partial charge >= 0.3 is 0 Å². The molecule has 0 bridgehead atoms. The predicted octanol–water partition coefficient (Wildman–Crippen LogP) is 2.49. The van der Waals surface area contributed by atoms with E-state index in [9.17, 15) is 0 Å². The molecule has 0 radical (unpaired) electrons. The van der Waals surface area contributed by atoms with Gasteiger partial charge in [0, 0.05) is 18.6 Å². The quantitative estimate of drug-likeness (QED) is 0.681. The van der Waals surface area contributed by atoms with Gasteiger partial charge in [-0.3, -0.25) is 0 Å². The van der Waals surface area contributed by atoms with E-state index in [0.29, 0.717) is 0 Å². The minimum absolute atomic E-state index is 0.733. The van der Waals surface area contributed by atoms with Gasteiger partial charge in [-0.2, -0.15) is 0 Å². The maximum absolute atomic E-state index is 3.66. The second kappa shape index (κ2) is 5.50. The number of nitrogens with zero attached hydrogens (tertiary/aromatic N) is 1. The second-order valence-corrected chi connectivity index (χ2v) is 5.93. The largest absolute Gasteiger partial charge is 0.314 e. The molecule has 0 aromatic carbocycles. The van der Waals surface area contributed by atoms with Crippen LogP contribution in [0.5, 0.6) is 0 Å². The molecule has 2 heteroatoms. The first-order valence-electron chi connectivity index (χ1n) is 7.18. The molecule has 2 aliphatic carbocycles. The van der Waals surface area contributed by atoms with E-state index >= 15 is 0 Å². The highest BCUT2D eigenvalue weighted by Crippen LogP contribution is 2.31. The van der Waals surface area contributed by atoms with Gasteiger partial charge in [0.25, 0.3) is 0 Å². The van der Waals surface area contributed by atoms with Crippen LogP contribution in [0.3, 0.4) is 0 Å². The summed E-state index contributed by atoms with van der Waals surface area (Å²) in [5, 5.41) is 3.66. The third-order valence-electron chi connectivity index (χ3n) is 4.30. The van der Waals surface area contributed by atoms with Crippen LogP contribution in [0.1, 0.15) is 46.5 Å². The van der Waals surface area contributed by atoms with Gasteiger partial charge in [0.1, 0.15) is 0 Å². The molecule has 2 aliphatic rings. The maximum atomic E-state index is 3.66. The lowest BCUT2D eigenvalue weighted by Crippen LogP contribution is -2.42. The van der Waals surface area contributed by atoms with Crippen LogP contribution in [0.2, 0.25) is 0 Å². The van der Waals surface area contributed by atoms with Gasteiger partial charge in [-0.1, -0.05) is 13.8 Å². The minimum atomic E-state index is 0.733. The Balaban J connectivity index is 1.70. The summed E-state index contributed by atoms with van der Waals surface area (Å²) < 4.78 is 0. The minimum Gasteiger partial charge on any atom is -0.314 e. The molecule has 0 spiro atoms. The Kier molecular flexibility index (Phi) is 4.26. The van der Waals surface area contributed by atoms with Crippen LogP contribution < -0.4 is 5.32 Å². The van der Waals surface area contributed by atoms with Gasteiger partial charge in [-0.25, -0.2) is 0 Å². The molecule has 16 heavy (non-hydrogen) atoms. The average molecular weight is 224 g/mol. The molecule has 1 N–H and O–H groups in total. The van der Waals surface area contributed by atoms with Gasteiger partial charge < -0.3 is 10.2 Å². The van der Waals surface area contributed by atoms with E-state index in [1.165, 1.54) is 45.3 Å². The first-order valence-corrected chi connectivity index (χ1v) is 7.18. The summed E-state index contributed by atoms with van der Waals surface area (Å²) in [7, 11) is 0. The van der Waals surface area contributed by atoms with E-state index in [4.69, 9.17) is 0 Å². The van der Waals surface area contributed by atoms with Crippen LogP contribution in [0.25, 0.3) is 0 Å². The number of hydrogen-bond donors (Lipinski definition) is 1. The summed E-state index contributed by atoms with van der Waals surface area (Å²) >= 11 is 0. The zero-order valence-electron chi connectivity index (χ0n) is 11.2. The molecule has 2 saturated carbocycles. The van der Waals surface area contributed by atoms with Crippen molar-refractivity contribution in [3.05, 3.63) is 0 Å². The molecule has 0 aromatic heterocycles. The van der Waals surface area contributed by atoms with Gasteiger partial charge in [0.15, 0.2) is 0 Å². The van der Waals surface area contributed by atoms with Crippen LogP contribution in [0.15, 0.2) is 0 Å². The molecule has 94 valence electrons. The summed E-state index contributed by atoms with van der Waals surface area (Å²) in [4.78, 5) is 2.68. The van der Waals surface area contributed by atoms with Crippen LogP contribution >= 0.6 is 0 Å². The Hall–Kier alpha value is -0.0800. The first kappa shape index (κ1) is 12.4. The van der Waals surface area contributed by atoms with Gasteiger partial charge in [0.2, 0.25) is 0 Å². The average Bonchev–Trinajstić information content (AvgIpc) is 3.15. The van der Waals surface area contributed by atoms with Gasteiger partial charge in [0.05, 0.1) is 0 Å². The molecule has 0 amide bonds. The van der Waals surface area contributed by atoms with Crippen molar-refractivity contribution in [2.75, 3.05) is 19.6 Å². The fraction of sp³-hybridized carbons (Fsp3) is 1.00. The lowest BCUT2D eigenvalue weighted by molar-refractivity contribution is 0.160. The molecule has 2 fully saturated rings. The monoisotopic (exact) mass is 224 g/mol. The first-order chi connectivity index (χ1) is 7.70. The summed E-state index contributed by atoms with van der Waals surface area (Å²) in [6.07, 6.45) is 5.75. The van der Waals surface area contributed by atoms with Crippen molar-refractivity contribution in [2.45, 2.75) is 58.5 Å². The van der Waals surface area contributed by atoms with E-state index < -0.39 is 0 Å². The fourth-order valence-electron chi connectivity index (χ4n) is 2.39. The van der Waals surface area contributed by atoms with E-state index in [0.717, 1.165) is 23.9 Å². The Bertz CT molecular complexity index is 209. The van der Waals surface area contributed by atoms with E-state index in [2.05, 4.69) is 31.0 Å². The van der Waals surface area contributed by atoms with Gasteiger partial charge in [-0.05, 0) is 57.5 Å². The predicted molar refractivity (Wildman–Crippen MR) is 69.6 cm³/mol. The standard InChI is InChI=1S/C14H28N2/c1-4-16(10-13-5-6-13)12(3)11(2)9-15-14-7-8-14/h11-15H,4-10H2,1-3H3. The third-order valence-corrected chi connectivity index (χ3v) is 4.30. The zero-order valence-corrected chi connectivity index (χ0v) is 11.2. The number of hydrogen-bond acceptors (Lipinski definition) is 2. The van der Waals surface area contributed by atoms with Crippen molar-refractivity contribution in [1.82, 2.24) is 10.2 Å². The van der Waals surface area contributed by atoms with E-state index in [1.54, 1.807) is 0 Å². The maximum Gasteiger partial charge on any atom is 0.0105 e. The summed E-state index contributed by atoms with van der Waals surface area (Å²) in [5.41, 5.74) is 0. The smallest absolute Gasteiger partial charge is 0.0105 e. The third kappa shape index (κ3) is 3.74. The molecule has 0 aliphatic heterocycles. The second-order valence-electron chi connectivity index (χ2n) is 5.93. The van der Waals surface area contributed by atoms with Crippen molar-refractivity contribution in [3.8, 4) is 0 Å². The van der Waals surface area contributed by atoms with Crippen molar-refractivity contribution in [3.63, 3.8) is 0 Å². The summed E-state index contributed by atoms with van der Waals surface area (Å²) in [6.45, 7) is 10.9. The molecule has 0 aromatic rings. The van der Waals surface area contributed by atoms with Crippen molar-refractivity contribution in [1.29, 1.82) is 0 Å². The van der Waals surface area contributed by atoms with Crippen LogP contribution in [-0.4, -0.2) is 36.6 Å². The topological polar surface area (TPSA) is 15.3 Å². The molecular formula is C14H28N2. The highest BCUT2D eigenvalue weighted by molar-refractivity contribution is 4.85. The lowest BCUT2D eigenvalue weighted by Gasteiger charge is -2.32. The Morgan fingerprint density at radius 3 is 2.38 bits per heavy atom. The Morgan fingerprint density at radius 1 is 1.19 bits per heavy atom. The van der Waals surface area contributed by atoms with E-state index in [1.807, 2.05) is 0 Å².